The van der Waals surface area contributed by atoms with Crippen molar-refractivity contribution < 1.29 is 27.5 Å². The van der Waals surface area contributed by atoms with E-state index in [0.717, 1.165) is 0 Å². The summed E-state index contributed by atoms with van der Waals surface area (Å²) >= 11 is 0. The second-order valence-electron chi connectivity index (χ2n) is 3.89. The number of rotatable bonds is 2. The second kappa shape index (κ2) is 4.91. The summed E-state index contributed by atoms with van der Waals surface area (Å²) in [6.07, 6.45) is -5.92. The average molecular weight is 254 g/mol. The molecule has 1 N–H and O–H groups in total. The van der Waals surface area contributed by atoms with Crippen LogP contribution in [0.4, 0.5) is 13.2 Å². The van der Waals surface area contributed by atoms with E-state index in [1.165, 1.54) is 19.0 Å². The Morgan fingerprint density at radius 1 is 1.35 bits per heavy atom. The van der Waals surface area contributed by atoms with E-state index in [1.807, 2.05) is 0 Å². The number of carbonyl (C=O) groups excluding carboxylic acids is 2. The molecule has 0 saturated carbocycles. The quantitative estimate of drug-likeness (QED) is 0.700. The van der Waals surface area contributed by atoms with Crippen molar-refractivity contribution in [3.8, 4) is 0 Å². The fourth-order valence-corrected chi connectivity index (χ4v) is 1.53. The predicted molar refractivity (Wildman–Crippen MR) is 51.0 cm³/mol. The van der Waals surface area contributed by atoms with Crippen LogP contribution in [0, 0.1) is 0 Å². The van der Waals surface area contributed by atoms with Gasteiger partial charge in [-0.1, -0.05) is 0 Å². The van der Waals surface area contributed by atoms with Crippen LogP contribution in [0.3, 0.4) is 0 Å². The van der Waals surface area contributed by atoms with Crippen molar-refractivity contribution in [1.29, 1.82) is 0 Å². The number of hydrogen-bond acceptors (Lipinski definition) is 4. The molecular weight excluding hydrogens is 241 g/mol. The first-order chi connectivity index (χ1) is 7.73. The molecular formula is C9H13F3N2O3. The number of alkyl halides is 3. The molecule has 17 heavy (non-hydrogen) atoms. The first kappa shape index (κ1) is 13.8. The van der Waals surface area contributed by atoms with Gasteiger partial charge < -0.3 is 15.0 Å². The summed E-state index contributed by atoms with van der Waals surface area (Å²) in [5.41, 5.74) is 0. The van der Waals surface area contributed by atoms with Crippen LogP contribution in [0.5, 0.6) is 0 Å². The summed E-state index contributed by atoms with van der Waals surface area (Å²) in [4.78, 5) is 23.5. The molecule has 1 aliphatic rings. The van der Waals surface area contributed by atoms with Crippen LogP contribution in [0.1, 0.15) is 6.42 Å². The number of esters is 1. The average Bonchev–Trinajstić information content (AvgIpc) is 2.63. The van der Waals surface area contributed by atoms with Gasteiger partial charge in [0, 0.05) is 14.1 Å². The number of hydrogen-bond donors (Lipinski definition) is 1. The van der Waals surface area contributed by atoms with Crippen molar-refractivity contribution in [2.75, 3.05) is 20.6 Å². The molecule has 0 aliphatic carbocycles. The van der Waals surface area contributed by atoms with Crippen LogP contribution in [-0.4, -0.2) is 55.7 Å². The highest BCUT2D eigenvalue weighted by atomic mass is 19.4. The second-order valence-corrected chi connectivity index (χ2v) is 3.89. The van der Waals surface area contributed by atoms with E-state index in [4.69, 9.17) is 0 Å². The third-order valence-corrected chi connectivity index (χ3v) is 2.36. The van der Waals surface area contributed by atoms with Crippen molar-refractivity contribution in [3.05, 3.63) is 0 Å². The zero-order valence-electron chi connectivity index (χ0n) is 9.37. The molecule has 1 rings (SSSR count). The summed E-state index contributed by atoms with van der Waals surface area (Å²) in [6, 6.07) is -0.906. The fraction of sp³-hybridized carbons (Fsp3) is 0.778. The molecule has 0 radical (unpaired) electrons. The Balaban J connectivity index is 2.65. The van der Waals surface area contributed by atoms with E-state index in [9.17, 15) is 22.8 Å². The van der Waals surface area contributed by atoms with Gasteiger partial charge in [-0.25, -0.2) is 4.79 Å². The number of amides is 1. The molecule has 0 spiro atoms. The SMILES string of the molecule is CN(C)C(=O)[C@H]1NCC[C@@H]1OC(=O)C(F)(F)F. The standard InChI is InChI=1S/C9H13F3N2O3/c1-14(2)7(15)6-5(3-4-13-6)17-8(16)9(10,11)12/h5-6,13H,3-4H2,1-2H3/t5-,6-/m0/s1. The lowest BCUT2D eigenvalue weighted by Crippen LogP contribution is -2.47. The minimum atomic E-state index is -5.03. The molecule has 5 nitrogen and oxygen atoms in total. The lowest BCUT2D eigenvalue weighted by atomic mass is 10.1. The molecule has 1 aliphatic heterocycles. The van der Waals surface area contributed by atoms with E-state index < -0.39 is 30.2 Å². The normalized spacial score (nSPS) is 24.5. The highest BCUT2D eigenvalue weighted by Crippen LogP contribution is 2.21. The van der Waals surface area contributed by atoms with Crippen LogP contribution < -0.4 is 5.32 Å². The zero-order chi connectivity index (χ0) is 13.2. The Kier molecular flexibility index (Phi) is 3.97. The van der Waals surface area contributed by atoms with E-state index in [0.29, 0.717) is 6.54 Å². The Hall–Kier alpha value is -1.31. The molecule has 1 fully saturated rings. The lowest BCUT2D eigenvalue weighted by molar-refractivity contribution is -0.205. The van der Waals surface area contributed by atoms with Gasteiger partial charge in [0.15, 0.2) is 0 Å². The fourth-order valence-electron chi connectivity index (χ4n) is 1.53. The molecule has 0 unspecified atom stereocenters. The minimum absolute atomic E-state index is 0.187. The molecule has 0 aromatic heterocycles. The van der Waals surface area contributed by atoms with Crippen molar-refractivity contribution >= 4 is 11.9 Å². The molecule has 8 heteroatoms. The largest absolute Gasteiger partial charge is 0.490 e. The summed E-state index contributed by atoms with van der Waals surface area (Å²) in [6.45, 7) is 0.333. The summed E-state index contributed by atoms with van der Waals surface area (Å²) in [5, 5.41) is 2.71. The van der Waals surface area contributed by atoms with Crippen molar-refractivity contribution in [2.24, 2.45) is 0 Å². The first-order valence-corrected chi connectivity index (χ1v) is 4.96. The van der Waals surface area contributed by atoms with Crippen molar-refractivity contribution in [3.63, 3.8) is 0 Å². The Labute approximate surface area is 95.9 Å². The van der Waals surface area contributed by atoms with Crippen LogP contribution in [0.2, 0.25) is 0 Å². The smallest absolute Gasteiger partial charge is 0.453 e. The zero-order valence-corrected chi connectivity index (χ0v) is 9.37. The topological polar surface area (TPSA) is 58.6 Å². The molecule has 0 aromatic carbocycles. The maximum Gasteiger partial charge on any atom is 0.490 e. The number of ether oxygens (including phenoxy) is 1. The highest BCUT2D eigenvalue weighted by molar-refractivity contribution is 5.83. The summed E-state index contributed by atoms with van der Waals surface area (Å²) < 4.78 is 40.3. The lowest BCUT2D eigenvalue weighted by Gasteiger charge is -2.22. The maximum atomic E-state index is 12.0. The van der Waals surface area contributed by atoms with Crippen LogP contribution >= 0.6 is 0 Å². The van der Waals surface area contributed by atoms with Gasteiger partial charge in [0.1, 0.15) is 12.1 Å². The Morgan fingerprint density at radius 3 is 2.41 bits per heavy atom. The Morgan fingerprint density at radius 2 is 1.94 bits per heavy atom. The van der Waals surface area contributed by atoms with Gasteiger partial charge in [-0.2, -0.15) is 13.2 Å². The first-order valence-electron chi connectivity index (χ1n) is 4.96. The number of nitrogens with one attached hydrogen (secondary N) is 1. The van der Waals surface area contributed by atoms with E-state index in [2.05, 4.69) is 10.1 Å². The minimum Gasteiger partial charge on any atom is -0.453 e. The van der Waals surface area contributed by atoms with Crippen LogP contribution in [0.15, 0.2) is 0 Å². The molecule has 1 amide bonds. The molecule has 1 heterocycles. The van der Waals surface area contributed by atoms with E-state index in [-0.39, 0.29) is 6.42 Å². The van der Waals surface area contributed by atoms with Gasteiger partial charge in [-0.3, -0.25) is 4.79 Å². The Bertz CT molecular complexity index is 317. The molecule has 2 atom stereocenters. The third-order valence-electron chi connectivity index (χ3n) is 2.36. The monoisotopic (exact) mass is 254 g/mol. The number of likely N-dealkylation sites (N-methyl/N-ethyl adjacent to an activating group) is 1. The maximum absolute atomic E-state index is 12.0. The van der Waals surface area contributed by atoms with E-state index >= 15 is 0 Å². The van der Waals surface area contributed by atoms with Crippen LogP contribution in [-0.2, 0) is 14.3 Å². The third kappa shape index (κ3) is 3.32. The summed E-state index contributed by atoms with van der Waals surface area (Å²) in [7, 11) is 2.95. The number of nitrogens with zero attached hydrogens (tertiary/aromatic N) is 1. The van der Waals surface area contributed by atoms with Crippen molar-refractivity contribution in [2.45, 2.75) is 24.7 Å². The number of halogens is 3. The highest BCUT2D eigenvalue weighted by Gasteiger charge is 2.45. The van der Waals surface area contributed by atoms with Crippen LogP contribution in [0.25, 0.3) is 0 Å². The van der Waals surface area contributed by atoms with E-state index in [1.54, 1.807) is 0 Å². The van der Waals surface area contributed by atoms with Gasteiger partial charge in [-0.15, -0.1) is 0 Å². The van der Waals surface area contributed by atoms with Gasteiger partial charge in [0.25, 0.3) is 0 Å². The number of carbonyl (C=O) groups is 2. The van der Waals surface area contributed by atoms with Gasteiger partial charge in [0.2, 0.25) is 5.91 Å². The molecule has 1 saturated heterocycles. The van der Waals surface area contributed by atoms with Gasteiger partial charge in [-0.05, 0) is 13.0 Å². The predicted octanol–water partition coefficient (Wildman–Crippen LogP) is -0.0894. The van der Waals surface area contributed by atoms with Crippen molar-refractivity contribution in [1.82, 2.24) is 10.2 Å². The van der Waals surface area contributed by atoms with Gasteiger partial charge in [0.05, 0.1) is 0 Å². The molecule has 98 valence electrons. The van der Waals surface area contributed by atoms with Gasteiger partial charge >= 0.3 is 12.1 Å². The summed E-state index contributed by atoms with van der Waals surface area (Å²) in [5.74, 6) is -2.68. The molecule has 0 bridgehead atoms. The molecule has 0 aromatic rings.